The van der Waals surface area contributed by atoms with Crippen LogP contribution in [0.2, 0.25) is 0 Å². The number of hydrogen-bond donors (Lipinski definition) is 1. The van der Waals surface area contributed by atoms with Crippen LogP contribution >= 0.6 is 11.8 Å². The van der Waals surface area contributed by atoms with Gasteiger partial charge in [-0.2, -0.15) is 0 Å². The molecule has 2 N–H and O–H groups in total. The fourth-order valence-corrected chi connectivity index (χ4v) is 6.38. The lowest BCUT2D eigenvalue weighted by Crippen LogP contribution is -2.48. The molecule has 4 bridgehead atoms. The van der Waals surface area contributed by atoms with Crippen molar-refractivity contribution in [3.05, 3.63) is 12.1 Å². The van der Waals surface area contributed by atoms with Crippen molar-refractivity contribution in [3.8, 4) is 0 Å². The second kappa shape index (κ2) is 3.86. The standard InChI is InChI=1S/C14H19N3S/c15-12-1-2-13(17-16-12)18-14-6-9-3-10(7-14)5-11(4-9)8-14/h1-2,9-11H,3-8H2,(H2,15,16). The van der Waals surface area contributed by atoms with Crippen LogP contribution in [0.5, 0.6) is 0 Å². The third-order valence-corrected chi connectivity index (χ3v) is 6.32. The molecule has 4 fully saturated rings. The molecule has 1 heterocycles. The largest absolute Gasteiger partial charge is 0.382 e. The van der Waals surface area contributed by atoms with E-state index < -0.39 is 0 Å². The van der Waals surface area contributed by atoms with Crippen LogP contribution in [0.4, 0.5) is 5.82 Å². The minimum Gasteiger partial charge on any atom is -0.382 e. The van der Waals surface area contributed by atoms with E-state index >= 15 is 0 Å². The molecule has 3 nitrogen and oxygen atoms in total. The molecule has 0 aliphatic heterocycles. The Morgan fingerprint density at radius 2 is 1.61 bits per heavy atom. The molecule has 4 heteroatoms. The number of hydrogen-bond acceptors (Lipinski definition) is 4. The summed E-state index contributed by atoms with van der Waals surface area (Å²) < 4.78 is 0.472. The minimum atomic E-state index is 0.472. The SMILES string of the molecule is Nc1ccc(SC23CC4CC(CC(C4)C2)C3)nn1. The summed E-state index contributed by atoms with van der Waals surface area (Å²) in [5.41, 5.74) is 5.60. The first-order chi connectivity index (χ1) is 8.71. The molecule has 0 aromatic carbocycles. The molecule has 0 amide bonds. The quantitative estimate of drug-likeness (QED) is 0.888. The van der Waals surface area contributed by atoms with Gasteiger partial charge in [-0.25, -0.2) is 0 Å². The van der Waals surface area contributed by atoms with E-state index in [-0.39, 0.29) is 0 Å². The van der Waals surface area contributed by atoms with Crippen LogP contribution in [-0.4, -0.2) is 14.9 Å². The van der Waals surface area contributed by atoms with Gasteiger partial charge in [-0.3, -0.25) is 0 Å². The summed E-state index contributed by atoms with van der Waals surface area (Å²) in [6.45, 7) is 0. The van der Waals surface area contributed by atoms with Gasteiger partial charge in [0.15, 0.2) is 0 Å². The first kappa shape index (κ1) is 11.1. The predicted octanol–water partition coefficient (Wildman–Crippen LogP) is 3.12. The Balaban J connectivity index is 1.58. The van der Waals surface area contributed by atoms with E-state index in [1.807, 2.05) is 23.9 Å². The van der Waals surface area contributed by atoms with Crippen molar-refractivity contribution in [1.29, 1.82) is 0 Å². The molecule has 0 saturated heterocycles. The fourth-order valence-electron chi connectivity index (χ4n) is 4.76. The van der Waals surface area contributed by atoms with Crippen molar-refractivity contribution in [2.45, 2.75) is 48.3 Å². The summed E-state index contributed by atoms with van der Waals surface area (Å²) in [5, 5.41) is 9.29. The molecule has 0 atom stereocenters. The smallest absolute Gasteiger partial charge is 0.146 e. The molecule has 18 heavy (non-hydrogen) atoms. The van der Waals surface area contributed by atoms with Crippen LogP contribution < -0.4 is 5.73 Å². The number of thioether (sulfide) groups is 1. The highest BCUT2D eigenvalue weighted by Crippen LogP contribution is 2.61. The highest BCUT2D eigenvalue weighted by Gasteiger charge is 2.51. The summed E-state index contributed by atoms with van der Waals surface area (Å²) in [6, 6.07) is 3.90. The van der Waals surface area contributed by atoms with E-state index in [4.69, 9.17) is 5.73 Å². The third kappa shape index (κ3) is 1.81. The average molecular weight is 261 g/mol. The molecular formula is C14H19N3S. The molecule has 1 aromatic rings. The average Bonchev–Trinajstić information content (AvgIpc) is 2.30. The van der Waals surface area contributed by atoms with Gasteiger partial charge in [0.05, 0.1) is 0 Å². The normalized spacial score (nSPS) is 41.2. The van der Waals surface area contributed by atoms with Crippen LogP contribution in [0.25, 0.3) is 0 Å². The molecule has 4 saturated carbocycles. The van der Waals surface area contributed by atoms with Gasteiger partial charge in [0.2, 0.25) is 0 Å². The first-order valence-electron chi connectivity index (χ1n) is 6.99. The zero-order chi connectivity index (χ0) is 12.2. The van der Waals surface area contributed by atoms with Gasteiger partial charge >= 0.3 is 0 Å². The number of anilines is 1. The molecule has 0 radical (unpaired) electrons. The van der Waals surface area contributed by atoms with Gasteiger partial charge in [0.1, 0.15) is 10.8 Å². The topological polar surface area (TPSA) is 51.8 Å². The number of nitrogens with zero attached hydrogens (tertiary/aromatic N) is 2. The Hall–Kier alpha value is -0.770. The molecular weight excluding hydrogens is 242 g/mol. The van der Waals surface area contributed by atoms with Gasteiger partial charge < -0.3 is 5.73 Å². The second-order valence-corrected chi connectivity index (χ2v) is 7.99. The number of rotatable bonds is 2. The van der Waals surface area contributed by atoms with E-state index in [9.17, 15) is 0 Å². The molecule has 0 spiro atoms. The summed E-state index contributed by atoms with van der Waals surface area (Å²) in [7, 11) is 0. The Bertz CT molecular complexity index is 421. The molecule has 96 valence electrons. The maximum absolute atomic E-state index is 5.60. The highest BCUT2D eigenvalue weighted by atomic mass is 32.2. The van der Waals surface area contributed by atoms with Gasteiger partial charge in [-0.1, -0.05) is 11.8 Å². The van der Waals surface area contributed by atoms with Gasteiger partial charge in [-0.05, 0) is 68.4 Å². The zero-order valence-electron chi connectivity index (χ0n) is 10.5. The lowest BCUT2D eigenvalue weighted by molar-refractivity contribution is 0.0383. The molecule has 4 aliphatic rings. The molecule has 0 unspecified atom stereocenters. The van der Waals surface area contributed by atoms with Crippen molar-refractivity contribution >= 4 is 17.6 Å². The molecule has 5 rings (SSSR count). The van der Waals surface area contributed by atoms with Crippen molar-refractivity contribution in [2.24, 2.45) is 17.8 Å². The van der Waals surface area contributed by atoms with Gasteiger partial charge in [0.25, 0.3) is 0 Å². The van der Waals surface area contributed by atoms with E-state index in [1.165, 1.54) is 38.5 Å². The Morgan fingerprint density at radius 1 is 1.00 bits per heavy atom. The summed E-state index contributed by atoms with van der Waals surface area (Å²) >= 11 is 1.98. The Morgan fingerprint density at radius 3 is 2.11 bits per heavy atom. The second-order valence-electron chi connectivity index (χ2n) is 6.50. The maximum Gasteiger partial charge on any atom is 0.146 e. The van der Waals surface area contributed by atoms with E-state index in [1.54, 1.807) is 0 Å². The van der Waals surface area contributed by atoms with Crippen molar-refractivity contribution < 1.29 is 0 Å². The van der Waals surface area contributed by atoms with Crippen LogP contribution in [-0.2, 0) is 0 Å². The van der Waals surface area contributed by atoms with Crippen molar-refractivity contribution in [1.82, 2.24) is 10.2 Å². The van der Waals surface area contributed by atoms with Crippen LogP contribution in [0.1, 0.15) is 38.5 Å². The monoisotopic (exact) mass is 261 g/mol. The van der Waals surface area contributed by atoms with Crippen LogP contribution in [0.3, 0.4) is 0 Å². The van der Waals surface area contributed by atoms with Crippen molar-refractivity contribution in [3.63, 3.8) is 0 Å². The Kier molecular flexibility index (Phi) is 2.38. The van der Waals surface area contributed by atoms with Gasteiger partial charge in [-0.15, -0.1) is 10.2 Å². The number of nitrogens with two attached hydrogens (primary N) is 1. The maximum atomic E-state index is 5.60. The Labute approximate surface area is 112 Å². The zero-order valence-corrected chi connectivity index (χ0v) is 11.3. The highest BCUT2D eigenvalue weighted by molar-refractivity contribution is 8.00. The summed E-state index contributed by atoms with van der Waals surface area (Å²) in [6.07, 6.45) is 8.68. The molecule has 1 aromatic heterocycles. The predicted molar refractivity (Wildman–Crippen MR) is 73.2 cm³/mol. The summed E-state index contributed by atoms with van der Waals surface area (Å²) in [5.74, 6) is 3.49. The van der Waals surface area contributed by atoms with Crippen LogP contribution in [0.15, 0.2) is 17.2 Å². The minimum absolute atomic E-state index is 0.472. The summed E-state index contributed by atoms with van der Waals surface area (Å²) in [4.78, 5) is 0. The van der Waals surface area contributed by atoms with Crippen molar-refractivity contribution in [2.75, 3.05) is 5.73 Å². The lowest BCUT2D eigenvalue weighted by atomic mass is 9.56. The first-order valence-corrected chi connectivity index (χ1v) is 7.81. The van der Waals surface area contributed by atoms with E-state index in [2.05, 4.69) is 10.2 Å². The third-order valence-electron chi connectivity index (χ3n) is 4.96. The van der Waals surface area contributed by atoms with E-state index in [0.29, 0.717) is 10.6 Å². The number of aromatic nitrogens is 2. The number of nitrogen functional groups attached to an aromatic ring is 1. The molecule has 4 aliphatic carbocycles. The lowest BCUT2D eigenvalue weighted by Gasteiger charge is -2.56. The fraction of sp³-hybridized carbons (Fsp3) is 0.714. The van der Waals surface area contributed by atoms with Crippen LogP contribution in [0, 0.1) is 17.8 Å². The van der Waals surface area contributed by atoms with Gasteiger partial charge in [0, 0.05) is 4.75 Å². The van der Waals surface area contributed by atoms with E-state index in [0.717, 1.165) is 22.8 Å².